The Kier molecular flexibility index (Phi) is 7.11. The van der Waals surface area contributed by atoms with Gasteiger partial charge in [0, 0.05) is 43.2 Å². The maximum atomic E-state index is 14.5. The van der Waals surface area contributed by atoms with Crippen molar-refractivity contribution in [2.75, 3.05) is 38.7 Å². The number of ether oxygens (including phenoxy) is 2. The molecule has 1 fully saturated rings. The molecule has 3 N–H and O–H groups in total. The minimum Gasteiger partial charge on any atom is -0.492 e. The van der Waals surface area contributed by atoms with Gasteiger partial charge in [0.25, 0.3) is 5.91 Å². The number of nitrogens with zero attached hydrogens (tertiary/aromatic N) is 2. The van der Waals surface area contributed by atoms with Crippen LogP contribution in [0.3, 0.4) is 0 Å². The number of para-hydroxylation sites is 1. The summed E-state index contributed by atoms with van der Waals surface area (Å²) in [6.45, 7) is 5.21. The molecule has 2 aliphatic heterocycles. The van der Waals surface area contributed by atoms with Crippen LogP contribution in [0.4, 0.5) is 15.8 Å². The van der Waals surface area contributed by atoms with Crippen LogP contribution < -0.4 is 15.4 Å². The number of carbonyl (C=O) groups excluding carboxylic acids is 2. The third kappa shape index (κ3) is 4.71. The number of hydrogen-bond donors (Lipinski definition) is 3. The van der Waals surface area contributed by atoms with E-state index >= 15 is 0 Å². The van der Waals surface area contributed by atoms with Gasteiger partial charge in [-0.05, 0) is 24.3 Å². The third-order valence-electron chi connectivity index (χ3n) is 6.45. The van der Waals surface area contributed by atoms with E-state index in [4.69, 9.17) is 9.47 Å². The fraction of sp³-hybridized carbons (Fsp3) is 0.250. The van der Waals surface area contributed by atoms with Gasteiger partial charge in [0.05, 0.1) is 48.5 Å². The molecule has 194 valence electrons. The summed E-state index contributed by atoms with van der Waals surface area (Å²) < 4.78 is 25.3. The first-order chi connectivity index (χ1) is 18.5. The average Bonchev–Trinajstić information content (AvgIpc) is 3.31. The smallest absolute Gasteiger partial charge is 0.255 e. The highest BCUT2D eigenvalue weighted by molar-refractivity contribution is 6.06. The minimum absolute atomic E-state index is 0.0311. The van der Waals surface area contributed by atoms with Crippen LogP contribution in [0.15, 0.2) is 49.3 Å². The normalized spacial score (nSPS) is 16.5. The molecule has 1 atom stereocenters. The monoisotopic (exact) mass is 515 g/mol. The van der Waals surface area contributed by atoms with Crippen LogP contribution in [0.1, 0.15) is 21.6 Å². The first-order valence-electron chi connectivity index (χ1n) is 12.1. The molecule has 1 saturated heterocycles. The van der Waals surface area contributed by atoms with Crippen LogP contribution in [0, 0.1) is 17.7 Å². The second-order valence-electron chi connectivity index (χ2n) is 8.70. The summed E-state index contributed by atoms with van der Waals surface area (Å²) in [4.78, 5) is 34.5. The molecule has 10 heteroatoms. The number of aromatic nitrogens is 2. The molecule has 2 amide bonds. The highest BCUT2D eigenvalue weighted by atomic mass is 19.1. The van der Waals surface area contributed by atoms with Crippen LogP contribution >= 0.6 is 0 Å². The van der Waals surface area contributed by atoms with Crippen molar-refractivity contribution in [3.8, 4) is 28.8 Å². The second kappa shape index (κ2) is 10.8. The van der Waals surface area contributed by atoms with E-state index in [9.17, 15) is 14.0 Å². The molecule has 3 aromatic rings. The Morgan fingerprint density at radius 2 is 2.26 bits per heavy atom. The van der Waals surface area contributed by atoms with Gasteiger partial charge >= 0.3 is 0 Å². The fourth-order valence-corrected chi connectivity index (χ4v) is 4.63. The topological polar surface area (TPSA) is 109 Å². The average molecular weight is 516 g/mol. The molecule has 0 saturated carbocycles. The summed E-state index contributed by atoms with van der Waals surface area (Å²) in [5.41, 5.74) is 3.90. The Morgan fingerprint density at radius 1 is 1.39 bits per heavy atom. The van der Waals surface area contributed by atoms with E-state index in [1.165, 1.54) is 19.3 Å². The van der Waals surface area contributed by atoms with Crippen molar-refractivity contribution in [1.82, 2.24) is 20.2 Å². The molecule has 5 rings (SSSR count). The molecule has 9 nitrogen and oxygen atoms in total. The van der Waals surface area contributed by atoms with Gasteiger partial charge in [0.1, 0.15) is 6.04 Å². The van der Waals surface area contributed by atoms with E-state index in [1.807, 2.05) is 0 Å². The Balaban J connectivity index is 1.60. The van der Waals surface area contributed by atoms with E-state index in [2.05, 4.69) is 39.0 Å². The minimum atomic E-state index is -0.531. The number of anilines is 2. The Labute approximate surface area is 219 Å². The SMILES string of the molecule is C=CC(=O)N1CCOCC1C#Cc1cnccc1-c1[nH]c2c(c1Nc1cccc(F)c1OC)C(=O)NCC2. The van der Waals surface area contributed by atoms with Gasteiger partial charge in [-0.2, -0.15) is 0 Å². The number of aromatic amines is 1. The summed E-state index contributed by atoms with van der Waals surface area (Å²) in [5, 5.41) is 6.09. The molecule has 0 aliphatic carbocycles. The predicted molar refractivity (Wildman–Crippen MR) is 140 cm³/mol. The zero-order valence-electron chi connectivity index (χ0n) is 20.8. The molecule has 0 bridgehead atoms. The van der Waals surface area contributed by atoms with E-state index in [0.29, 0.717) is 59.9 Å². The number of benzene rings is 1. The van der Waals surface area contributed by atoms with Crippen molar-refractivity contribution in [3.05, 3.63) is 72.0 Å². The maximum Gasteiger partial charge on any atom is 0.255 e. The summed E-state index contributed by atoms with van der Waals surface area (Å²) in [5.74, 6) is 5.33. The summed E-state index contributed by atoms with van der Waals surface area (Å²) >= 11 is 0. The summed E-state index contributed by atoms with van der Waals surface area (Å²) in [7, 11) is 1.38. The van der Waals surface area contributed by atoms with Crippen molar-refractivity contribution < 1.29 is 23.5 Å². The zero-order valence-corrected chi connectivity index (χ0v) is 20.8. The lowest BCUT2D eigenvalue weighted by Crippen LogP contribution is -2.47. The number of carbonyl (C=O) groups is 2. The van der Waals surface area contributed by atoms with Gasteiger partial charge in [0.2, 0.25) is 5.91 Å². The fourth-order valence-electron chi connectivity index (χ4n) is 4.63. The van der Waals surface area contributed by atoms with Crippen LogP contribution in [0.5, 0.6) is 5.75 Å². The van der Waals surface area contributed by atoms with E-state index in [-0.39, 0.29) is 24.2 Å². The van der Waals surface area contributed by atoms with Gasteiger partial charge < -0.3 is 30.0 Å². The van der Waals surface area contributed by atoms with Gasteiger partial charge in [-0.25, -0.2) is 4.39 Å². The lowest BCUT2D eigenvalue weighted by Gasteiger charge is -2.31. The van der Waals surface area contributed by atoms with Crippen molar-refractivity contribution >= 4 is 23.2 Å². The van der Waals surface area contributed by atoms with Crippen LogP contribution in [0.25, 0.3) is 11.3 Å². The van der Waals surface area contributed by atoms with Crippen molar-refractivity contribution in [1.29, 1.82) is 0 Å². The van der Waals surface area contributed by atoms with Crippen LogP contribution in [0.2, 0.25) is 0 Å². The van der Waals surface area contributed by atoms with E-state index in [0.717, 1.165) is 5.69 Å². The van der Waals surface area contributed by atoms with Crippen molar-refractivity contribution in [2.45, 2.75) is 12.5 Å². The molecule has 4 heterocycles. The Hall–Kier alpha value is -4.62. The van der Waals surface area contributed by atoms with E-state index in [1.54, 1.807) is 35.5 Å². The quantitative estimate of drug-likeness (QED) is 0.356. The largest absolute Gasteiger partial charge is 0.492 e. The Morgan fingerprint density at radius 3 is 3.08 bits per heavy atom. The Bertz CT molecular complexity index is 1470. The zero-order chi connectivity index (χ0) is 26.6. The molecular formula is C28H26FN5O4. The van der Waals surface area contributed by atoms with Gasteiger partial charge in [0.15, 0.2) is 11.6 Å². The number of amides is 2. The molecule has 38 heavy (non-hydrogen) atoms. The summed E-state index contributed by atoms with van der Waals surface area (Å²) in [6.07, 6.45) is 5.12. The molecule has 2 aromatic heterocycles. The molecule has 1 unspecified atom stereocenters. The lowest BCUT2D eigenvalue weighted by atomic mass is 10.0. The standard InChI is InChI=1S/C28H26FN5O4/c1-3-23(35)34-13-14-38-16-18(34)8-7-17-15-30-11-9-19(17)25-26(24-21(32-25)10-12-31-28(24)36)33-22-6-4-5-20(29)27(22)37-2/h3-6,9,11,15,18,32-33H,1,10,12-14,16H2,2H3,(H,31,36). The molecule has 0 spiro atoms. The van der Waals surface area contributed by atoms with Gasteiger partial charge in [-0.3, -0.25) is 14.6 Å². The van der Waals surface area contributed by atoms with Crippen LogP contribution in [-0.2, 0) is 16.0 Å². The number of H-pyrrole nitrogens is 1. The number of morpholine rings is 1. The first-order valence-corrected chi connectivity index (χ1v) is 12.1. The van der Waals surface area contributed by atoms with Crippen molar-refractivity contribution in [2.24, 2.45) is 0 Å². The number of rotatable bonds is 5. The highest BCUT2D eigenvalue weighted by Crippen LogP contribution is 2.40. The van der Waals surface area contributed by atoms with Gasteiger partial charge in [-0.1, -0.05) is 24.5 Å². The second-order valence-corrected chi connectivity index (χ2v) is 8.70. The van der Waals surface area contributed by atoms with Gasteiger partial charge in [-0.15, -0.1) is 0 Å². The van der Waals surface area contributed by atoms with Crippen molar-refractivity contribution in [3.63, 3.8) is 0 Å². The molecular weight excluding hydrogens is 489 g/mol. The van der Waals surface area contributed by atoms with Crippen LogP contribution in [-0.4, -0.2) is 66.1 Å². The van der Waals surface area contributed by atoms with E-state index < -0.39 is 11.9 Å². The number of hydrogen-bond acceptors (Lipinski definition) is 6. The third-order valence-corrected chi connectivity index (χ3v) is 6.45. The molecule has 0 radical (unpaired) electrons. The number of nitrogens with one attached hydrogen (secondary N) is 3. The lowest BCUT2D eigenvalue weighted by molar-refractivity contribution is -0.132. The number of pyridine rings is 1. The maximum absolute atomic E-state index is 14.5. The number of methoxy groups -OCH3 is 1. The first kappa shape index (κ1) is 25.0. The number of halogens is 1. The molecule has 2 aliphatic rings. The highest BCUT2D eigenvalue weighted by Gasteiger charge is 2.29. The predicted octanol–water partition coefficient (Wildman–Crippen LogP) is 3.02. The molecule has 1 aromatic carbocycles. The number of fused-ring (bicyclic) bond motifs is 1. The summed E-state index contributed by atoms with van der Waals surface area (Å²) in [6, 6.07) is 5.88.